The summed E-state index contributed by atoms with van der Waals surface area (Å²) >= 11 is 0. The lowest BCUT2D eigenvalue weighted by molar-refractivity contribution is -0.388. The molecule has 1 amide bonds. The summed E-state index contributed by atoms with van der Waals surface area (Å²) in [5.74, 6) is 0.00353. The van der Waals surface area contributed by atoms with Crippen LogP contribution < -0.4 is 15.5 Å². The highest BCUT2D eigenvalue weighted by molar-refractivity contribution is 5.78. The Kier molecular flexibility index (Phi) is 8.79. The van der Waals surface area contributed by atoms with Gasteiger partial charge in [-0.2, -0.15) is 26.3 Å². The van der Waals surface area contributed by atoms with Crippen LogP contribution >= 0.6 is 0 Å². The second-order valence-corrected chi connectivity index (χ2v) is 10.4. The van der Waals surface area contributed by atoms with Gasteiger partial charge in [-0.1, -0.05) is 0 Å². The fourth-order valence-corrected chi connectivity index (χ4v) is 5.39. The van der Waals surface area contributed by atoms with Gasteiger partial charge in [-0.15, -0.1) is 0 Å². The molecule has 2 aromatic rings. The first-order valence-electron chi connectivity index (χ1n) is 13.1. The molecule has 0 aromatic heterocycles. The van der Waals surface area contributed by atoms with E-state index in [-0.39, 0.29) is 29.5 Å². The van der Waals surface area contributed by atoms with Gasteiger partial charge in [0.05, 0.1) is 10.5 Å². The molecule has 0 atom stereocenters. The fraction of sp³-hybridized carbons (Fsp3) is 0.519. The molecule has 1 heterocycles. The Bertz CT molecular complexity index is 1190. The van der Waals surface area contributed by atoms with E-state index in [0.29, 0.717) is 45.3 Å². The quantitative estimate of drug-likeness (QED) is 0.221. The van der Waals surface area contributed by atoms with Crippen LogP contribution in [0.1, 0.15) is 49.7 Å². The number of hydrogen-bond donors (Lipinski definition) is 2. The highest BCUT2D eigenvalue weighted by atomic mass is 19.4. The number of alkyl halides is 6. The Morgan fingerprint density at radius 2 is 1.52 bits per heavy atom. The van der Waals surface area contributed by atoms with E-state index in [2.05, 4.69) is 10.6 Å². The lowest BCUT2D eigenvalue weighted by atomic mass is 9.85. The van der Waals surface area contributed by atoms with E-state index in [1.165, 1.54) is 18.2 Å². The van der Waals surface area contributed by atoms with Crippen LogP contribution in [0.15, 0.2) is 42.5 Å². The van der Waals surface area contributed by atoms with Crippen molar-refractivity contribution in [3.05, 3.63) is 63.7 Å². The van der Waals surface area contributed by atoms with Gasteiger partial charge in [0.25, 0.3) is 5.69 Å². The molecule has 4 rings (SSSR count). The summed E-state index contributed by atoms with van der Waals surface area (Å²) in [6, 6.07) is 7.82. The zero-order valence-corrected chi connectivity index (χ0v) is 21.5. The first-order chi connectivity index (χ1) is 18.8. The molecule has 7 nitrogen and oxygen atoms in total. The molecule has 0 radical (unpaired) electrons. The number of piperidine rings is 1. The molecule has 218 valence electrons. The molecular weight excluding hydrogens is 542 g/mol. The van der Waals surface area contributed by atoms with Gasteiger partial charge in [-0.25, -0.2) is 0 Å². The normalized spacial score (nSPS) is 20.7. The molecule has 0 unspecified atom stereocenters. The van der Waals surface area contributed by atoms with E-state index in [4.69, 9.17) is 0 Å². The molecule has 40 heavy (non-hydrogen) atoms. The molecule has 2 aliphatic rings. The van der Waals surface area contributed by atoms with Crippen LogP contribution in [-0.2, 0) is 17.1 Å². The smallest absolute Gasteiger partial charge is 0.382 e. The van der Waals surface area contributed by atoms with E-state index in [1.54, 1.807) is 0 Å². The second kappa shape index (κ2) is 11.9. The number of benzene rings is 2. The minimum absolute atomic E-state index is 0.0571. The van der Waals surface area contributed by atoms with Gasteiger partial charge in [0.15, 0.2) is 0 Å². The molecule has 1 saturated heterocycles. The fourth-order valence-electron chi connectivity index (χ4n) is 5.39. The van der Waals surface area contributed by atoms with Crippen molar-refractivity contribution < 1.29 is 36.1 Å². The van der Waals surface area contributed by atoms with Gasteiger partial charge in [-0.3, -0.25) is 14.9 Å². The Hall–Kier alpha value is -3.51. The third-order valence-electron chi connectivity index (χ3n) is 7.71. The molecule has 2 N–H and O–H groups in total. The summed E-state index contributed by atoms with van der Waals surface area (Å²) in [4.78, 5) is 24.7. The molecule has 13 heteroatoms. The van der Waals surface area contributed by atoms with Crippen LogP contribution in [0.25, 0.3) is 0 Å². The van der Waals surface area contributed by atoms with Gasteiger partial charge >= 0.3 is 12.4 Å². The molecule has 1 saturated carbocycles. The minimum Gasteiger partial charge on any atom is -0.382 e. The Balaban J connectivity index is 1.19. The molecule has 0 bridgehead atoms. The van der Waals surface area contributed by atoms with Crippen molar-refractivity contribution in [1.29, 1.82) is 0 Å². The van der Waals surface area contributed by atoms with Crippen LogP contribution in [0.2, 0.25) is 0 Å². The third-order valence-corrected chi connectivity index (χ3v) is 7.71. The largest absolute Gasteiger partial charge is 0.423 e. The zero-order chi connectivity index (χ0) is 29.1. The van der Waals surface area contributed by atoms with Crippen molar-refractivity contribution in [1.82, 2.24) is 5.32 Å². The van der Waals surface area contributed by atoms with Crippen LogP contribution in [0.4, 0.5) is 43.4 Å². The maximum atomic E-state index is 13.2. The minimum atomic E-state index is -4.85. The standard InChI is InChI=1S/C27H30F6N4O3/c28-26(29,30)19-3-8-22(9-4-19)36-13-11-17(12-14-36)16-34-25(38)18-1-5-20(6-2-18)35-21-7-10-24(37(39)40)23(15-21)27(31,32)33/h3-4,7-10,15,17-18,20,35H,1-2,5-6,11-14,16H2,(H,34,38). The number of nitro groups is 1. The number of nitro benzene ring substituents is 1. The number of amides is 1. The van der Waals surface area contributed by atoms with Gasteiger partial charge in [0.1, 0.15) is 5.56 Å². The topological polar surface area (TPSA) is 87.5 Å². The number of carbonyl (C=O) groups is 1. The van der Waals surface area contributed by atoms with Crippen molar-refractivity contribution in [3.8, 4) is 0 Å². The Morgan fingerprint density at radius 1 is 0.900 bits per heavy atom. The van der Waals surface area contributed by atoms with Gasteiger partial charge in [-0.05, 0) is 80.8 Å². The molecule has 1 aliphatic heterocycles. The number of hydrogen-bond acceptors (Lipinski definition) is 5. The number of anilines is 2. The molecular formula is C27H30F6N4O3. The second-order valence-electron chi connectivity index (χ2n) is 10.4. The van der Waals surface area contributed by atoms with E-state index in [9.17, 15) is 41.3 Å². The average Bonchev–Trinajstić information content (AvgIpc) is 2.91. The van der Waals surface area contributed by atoms with Crippen LogP contribution in [0.3, 0.4) is 0 Å². The highest BCUT2D eigenvalue weighted by Gasteiger charge is 2.39. The van der Waals surface area contributed by atoms with Crippen molar-refractivity contribution in [2.24, 2.45) is 11.8 Å². The molecule has 2 aromatic carbocycles. The van der Waals surface area contributed by atoms with Gasteiger partial charge < -0.3 is 15.5 Å². The van der Waals surface area contributed by atoms with Crippen molar-refractivity contribution in [3.63, 3.8) is 0 Å². The van der Waals surface area contributed by atoms with Crippen molar-refractivity contribution >= 4 is 23.0 Å². The lowest BCUT2D eigenvalue weighted by Crippen LogP contribution is -2.41. The van der Waals surface area contributed by atoms with Crippen LogP contribution in [0, 0.1) is 22.0 Å². The summed E-state index contributed by atoms with van der Waals surface area (Å²) in [7, 11) is 0. The average molecular weight is 573 g/mol. The summed E-state index contributed by atoms with van der Waals surface area (Å²) < 4.78 is 78.1. The van der Waals surface area contributed by atoms with E-state index in [1.807, 2.05) is 4.90 Å². The summed E-state index contributed by atoms with van der Waals surface area (Å²) in [6.07, 6.45) is -5.35. The predicted octanol–water partition coefficient (Wildman–Crippen LogP) is 6.64. The van der Waals surface area contributed by atoms with E-state index >= 15 is 0 Å². The maximum absolute atomic E-state index is 13.2. The molecule has 0 spiro atoms. The van der Waals surface area contributed by atoms with Crippen LogP contribution in [0.5, 0.6) is 0 Å². The lowest BCUT2D eigenvalue weighted by Gasteiger charge is -2.34. The van der Waals surface area contributed by atoms with Gasteiger partial charge in [0.2, 0.25) is 5.91 Å². The first-order valence-corrected chi connectivity index (χ1v) is 13.1. The highest BCUT2D eigenvalue weighted by Crippen LogP contribution is 2.38. The summed E-state index contributed by atoms with van der Waals surface area (Å²) in [6.45, 7) is 1.88. The number of carbonyl (C=O) groups excluding carboxylic acids is 1. The van der Waals surface area contributed by atoms with Gasteiger partial charge in [0, 0.05) is 49.0 Å². The maximum Gasteiger partial charge on any atom is 0.423 e. The number of rotatable bonds is 7. The zero-order valence-electron chi connectivity index (χ0n) is 21.5. The first kappa shape index (κ1) is 29.5. The van der Waals surface area contributed by atoms with Crippen LogP contribution in [-0.4, -0.2) is 36.5 Å². The predicted molar refractivity (Wildman–Crippen MR) is 137 cm³/mol. The van der Waals surface area contributed by atoms with E-state index in [0.717, 1.165) is 42.8 Å². The van der Waals surface area contributed by atoms with Crippen molar-refractivity contribution in [2.45, 2.75) is 56.9 Å². The summed E-state index contributed by atoms with van der Waals surface area (Å²) in [5, 5.41) is 17.0. The number of halogens is 6. The SMILES string of the molecule is O=C(NCC1CCN(c2ccc(C(F)(F)F)cc2)CC1)C1CCC(Nc2ccc([N+](=O)[O-])c(C(F)(F)F)c2)CC1. The molecule has 1 aliphatic carbocycles. The number of nitrogens with one attached hydrogen (secondary N) is 2. The van der Waals surface area contributed by atoms with Crippen molar-refractivity contribution in [2.75, 3.05) is 29.9 Å². The van der Waals surface area contributed by atoms with E-state index < -0.39 is 34.1 Å². The monoisotopic (exact) mass is 572 g/mol. The molecule has 2 fully saturated rings. The number of nitrogens with zero attached hydrogens (tertiary/aromatic N) is 2. The Morgan fingerprint density at radius 3 is 2.08 bits per heavy atom. The third kappa shape index (κ3) is 7.36. The Labute approximate surface area is 227 Å². The summed E-state index contributed by atoms with van der Waals surface area (Å²) in [5.41, 5.74) is -2.09.